The van der Waals surface area contributed by atoms with Gasteiger partial charge in [-0.2, -0.15) is 11.8 Å². The van der Waals surface area contributed by atoms with Gasteiger partial charge in [-0.05, 0) is 36.3 Å². The number of nitrogens with one attached hydrogen (secondary N) is 1. The van der Waals surface area contributed by atoms with Gasteiger partial charge in [-0.3, -0.25) is 4.79 Å². The molecule has 1 amide bonds. The van der Waals surface area contributed by atoms with E-state index in [4.69, 9.17) is 5.73 Å². The summed E-state index contributed by atoms with van der Waals surface area (Å²) in [5, 5.41) is 3.08. The maximum atomic E-state index is 12.0. The van der Waals surface area contributed by atoms with Crippen LogP contribution in [0.3, 0.4) is 0 Å². The van der Waals surface area contributed by atoms with Gasteiger partial charge in [0.05, 0.1) is 0 Å². The van der Waals surface area contributed by atoms with Crippen LogP contribution in [0.15, 0.2) is 24.3 Å². The second-order valence-corrected chi connectivity index (χ2v) is 5.44. The van der Waals surface area contributed by atoms with Crippen molar-refractivity contribution in [2.24, 2.45) is 5.73 Å². The van der Waals surface area contributed by atoms with Crippen molar-refractivity contribution in [1.82, 2.24) is 5.32 Å². The second-order valence-electron chi connectivity index (χ2n) is 4.29. The van der Waals surface area contributed by atoms with Crippen LogP contribution >= 0.6 is 11.8 Å². The minimum absolute atomic E-state index is 0.0288. The Labute approximate surface area is 106 Å². The Morgan fingerprint density at radius 3 is 2.76 bits per heavy atom. The fourth-order valence-corrected chi connectivity index (χ4v) is 2.99. The minimum Gasteiger partial charge on any atom is -0.348 e. The molecule has 1 atom stereocenters. The Balaban J connectivity index is 1.93. The fraction of sp³-hybridized carbons (Fsp3) is 0.462. The molecule has 4 heteroatoms. The van der Waals surface area contributed by atoms with Crippen LogP contribution in [-0.2, 0) is 6.54 Å². The van der Waals surface area contributed by atoms with Crippen LogP contribution in [0.5, 0.6) is 0 Å². The molecule has 1 aliphatic rings. The van der Waals surface area contributed by atoms with E-state index in [0.29, 0.717) is 12.6 Å². The monoisotopic (exact) mass is 250 g/mol. The van der Waals surface area contributed by atoms with E-state index in [1.54, 1.807) is 0 Å². The minimum atomic E-state index is 0.0288. The summed E-state index contributed by atoms with van der Waals surface area (Å²) >= 11 is 1.92. The summed E-state index contributed by atoms with van der Waals surface area (Å²) in [6.07, 6.45) is 2.29. The van der Waals surface area contributed by atoms with Gasteiger partial charge in [0.25, 0.3) is 5.91 Å². The molecule has 92 valence electrons. The first-order valence-corrected chi connectivity index (χ1v) is 7.12. The van der Waals surface area contributed by atoms with E-state index in [9.17, 15) is 4.79 Å². The van der Waals surface area contributed by atoms with Crippen molar-refractivity contribution in [3.8, 4) is 0 Å². The molecule has 3 N–H and O–H groups in total. The van der Waals surface area contributed by atoms with Crippen LogP contribution < -0.4 is 11.1 Å². The van der Waals surface area contributed by atoms with Gasteiger partial charge < -0.3 is 11.1 Å². The Hall–Kier alpha value is -1.00. The fourth-order valence-electron chi connectivity index (χ4n) is 1.92. The number of rotatable bonds is 3. The van der Waals surface area contributed by atoms with Crippen LogP contribution in [0.4, 0.5) is 0 Å². The molecule has 0 radical (unpaired) electrons. The zero-order valence-electron chi connectivity index (χ0n) is 9.82. The molecule has 0 bridgehead atoms. The molecule has 0 saturated carbocycles. The first-order chi connectivity index (χ1) is 8.29. The zero-order chi connectivity index (χ0) is 12.1. The van der Waals surface area contributed by atoms with Crippen molar-refractivity contribution >= 4 is 17.7 Å². The predicted octanol–water partition coefficient (Wildman–Crippen LogP) is 1.77. The number of benzene rings is 1. The lowest BCUT2D eigenvalue weighted by molar-refractivity contribution is 0.0938. The molecule has 2 rings (SSSR count). The lowest BCUT2D eigenvalue weighted by Gasteiger charge is -2.22. The summed E-state index contributed by atoms with van der Waals surface area (Å²) < 4.78 is 0. The molecule has 1 saturated heterocycles. The average molecular weight is 250 g/mol. The summed E-state index contributed by atoms with van der Waals surface area (Å²) in [7, 11) is 0. The topological polar surface area (TPSA) is 55.1 Å². The maximum Gasteiger partial charge on any atom is 0.251 e. The van der Waals surface area contributed by atoms with E-state index in [1.807, 2.05) is 36.0 Å². The number of thioether (sulfide) groups is 1. The highest BCUT2D eigenvalue weighted by Crippen LogP contribution is 2.17. The molecule has 1 aromatic rings. The molecule has 1 fully saturated rings. The maximum absolute atomic E-state index is 12.0. The van der Waals surface area contributed by atoms with Crippen LogP contribution in [0.2, 0.25) is 0 Å². The third-order valence-electron chi connectivity index (χ3n) is 2.95. The highest BCUT2D eigenvalue weighted by atomic mass is 32.2. The summed E-state index contributed by atoms with van der Waals surface area (Å²) in [5.41, 5.74) is 7.29. The highest BCUT2D eigenvalue weighted by molar-refractivity contribution is 7.99. The van der Waals surface area contributed by atoms with Crippen LogP contribution in [-0.4, -0.2) is 23.5 Å². The summed E-state index contributed by atoms with van der Waals surface area (Å²) in [4.78, 5) is 12.0. The average Bonchev–Trinajstić information content (AvgIpc) is 2.40. The van der Waals surface area contributed by atoms with E-state index in [0.717, 1.165) is 23.3 Å². The van der Waals surface area contributed by atoms with Gasteiger partial charge in [0.1, 0.15) is 0 Å². The molecule has 1 aromatic carbocycles. The first kappa shape index (κ1) is 12.5. The highest BCUT2D eigenvalue weighted by Gasteiger charge is 2.16. The van der Waals surface area contributed by atoms with Crippen molar-refractivity contribution in [2.45, 2.75) is 25.4 Å². The van der Waals surface area contributed by atoms with Gasteiger partial charge in [-0.25, -0.2) is 0 Å². The van der Waals surface area contributed by atoms with Gasteiger partial charge in [-0.1, -0.05) is 12.1 Å². The van der Waals surface area contributed by atoms with Gasteiger partial charge in [0.15, 0.2) is 0 Å². The number of hydrogen-bond acceptors (Lipinski definition) is 3. The van der Waals surface area contributed by atoms with Crippen molar-refractivity contribution < 1.29 is 4.79 Å². The summed E-state index contributed by atoms with van der Waals surface area (Å²) in [5.74, 6) is 2.28. The lowest BCUT2D eigenvalue weighted by Crippen LogP contribution is -2.38. The second kappa shape index (κ2) is 6.07. The van der Waals surface area contributed by atoms with Crippen molar-refractivity contribution in [3.63, 3.8) is 0 Å². The van der Waals surface area contributed by atoms with Crippen molar-refractivity contribution in [1.29, 1.82) is 0 Å². The quantitative estimate of drug-likeness (QED) is 0.859. The normalized spacial score (nSPS) is 19.9. The number of carbonyl (C=O) groups excluding carboxylic acids is 1. The summed E-state index contributed by atoms with van der Waals surface area (Å²) in [6.45, 7) is 0.515. The van der Waals surface area contributed by atoms with Gasteiger partial charge in [-0.15, -0.1) is 0 Å². The number of amides is 1. The Bertz CT molecular complexity index is 372. The predicted molar refractivity (Wildman–Crippen MR) is 72.1 cm³/mol. The van der Waals surface area contributed by atoms with E-state index >= 15 is 0 Å². The standard InChI is InChI=1S/C13H18N2OS/c14-8-10-3-5-11(6-4-10)13(16)15-12-2-1-7-17-9-12/h3-6,12H,1-2,7-9,14H2,(H,15,16). The molecule has 0 aromatic heterocycles. The SMILES string of the molecule is NCc1ccc(C(=O)NC2CCCSC2)cc1. The van der Waals surface area contributed by atoms with Crippen molar-refractivity contribution in [2.75, 3.05) is 11.5 Å². The Morgan fingerprint density at radius 1 is 1.41 bits per heavy atom. The molecular weight excluding hydrogens is 232 g/mol. The smallest absolute Gasteiger partial charge is 0.251 e. The van der Waals surface area contributed by atoms with Crippen LogP contribution in [0, 0.1) is 0 Å². The number of carbonyl (C=O) groups is 1. The molecule has 1 heterocycles. The lowest BCUT2D eigenvalue weighted by atomic mass is 10.1. The molecule has 1 aliphatic heterocycles. The van der Waals surface area contributed by atoms with E-state index in [1.165, 1.54) is 12.2 Å². The molecule has 3 nitrogen and oxygen atoms in total. The molecule has 17 heavy (non-hydrogen) atoms. The van der Waals surface area contributed by atoms with E-state index in [2.05, 4.69) is 5.32 Å². The largest absolute Gasteiger partial charge is 0.348 e. The van der Waals surface area contributed by atoms with Gasteiger partial charge in [0, 0.05) is 23.9 Å². The van der Waals surface area contributed by atoms with Crippen LogP contribution in [0.1, 0.15) is 28.8 Å². The molecular formula is C13H18N2OS. The van der Waals surface area contributed by atoms with E-state index in [-0.39, 0.29) is 5.91 Å². The molecule has 1 unspecified atom stereocenters. The van der Waals surface area contributed by atoms with Gasteiger partial charge >= 0.3 is 0 Å². The van der Waals surface area contributed by atoms with E-state index < -0.39 is 0 Å². The van der Waals surface area contributed by atoms with Crippen molar-refractivity contribution in [3.05, 3.63) is 35.4 Å². The molecule has 0 aliphatic carbocycles. The zero-order valence-corrected chi connectivity index (χ0v) is 10.6. The third-order valence-corrected chi connectivity index (χ3v) is 4.16. The van der Waals surface area contributed by atoms with Gasteiger partial charge in [0.2, 0.25) is 0 Å². The third kappa shape index (κ3) is 3.48. The first-order valence-electron chi connectivity index (χ1n) is 5.97. The van der Waals surface area contributed by atoms with Crippen LogP contribution in [0.25, 0.3) is 0 Å². The Kier molecular flexibility index (Phi) is 4.45. The number of hydrogen-bond donors (Lipinski definition) is 2. The Morgan fingerprint density at radius 2 is 2.18 bits per heavy atom. The summed E-state index contributed by atoms with van der Waals surface area (Å²) in [6, 6.07) is 7.83. The molecule has 0 spiro atoms. The number of nitrogens with two attached hydrogens (primary N) is 1.